The molecular formula is C21H25ClN2O2. The van der Waals surface area contributed by atoms with E-state index >= 15 is 0 Å². The molecule has 0 aromatic heterocycles. The summed E-state index contributed by atoms with van der Waals surface area (Å²) in [4.78, 5) is 14.7. The second-order valence-corrected chi connectivity index (χ2v) is 8.07. The number of anilines is 1. The van der Waals surface area contributed by atoms with Crippen molar-refractivity contribution in [3.63, 3.8) is 0 Å². The van der Waals surface area contributed by atoms with Crippen LogP contribution in [0.2, 0.25) is 5.02 Å². The maximum absolute atomic E-state index is 12.9. The molecule has 0 fully saturated rings. The number of rotatable bonds is 3. The lowest BCUT2D eigenvalue weighted by molar-refractivity contribution is 0.0148. The summed E-state index contributed by atoms with van der Waals surface area (Å²) in [6, 6.07) is 15.8. The fraction of sp³-hybridized carbons (Fsp3) is 0.381. The first kappa shape index (κ1) is 18.6. The highest BCUT2D eigenvalue weighted by Gasteiger charge is 2.31. The number of carbonyl (C=O) groups excluding carboxylic acids is 1. The van der Waals surface area contributed by atoms with Crippen molar-refractivity contribution >= 4 is 23.4 Å². The van der Waals surface area contributed by atoms with Gasteiger partial charge in [0.15, 0.2) is 0 Å². The Bertz CT molecular complexity index is 771. The van der Waals surface area contributed by atoms with E-state index in [-0.39, 0.29) is 12.1 Å². The van der Waals surface area contributed by atoms with Crippen molar-refractivity contribution in [2.75, 3.05) is 11.9 Å². The highest BCUT2D eigenvalue weighted by Crippen LogP contribution is 2.28. The molecule has 1 atom stereocenters. The van der Waals surface area contributed by atoms with E-state index in [1.54, 1.807) is 0 Å². The number of carbonyl (C=O) groups is 1. The van der Waals surface area contributed by atoms with Gasteiger partial charge in [0, 0.05) is 23.8 Å². The number of hydrogen-bond donors (Lipinski definition) is 1. The highest BCUT2D eigenvalue weighted by molar-refractivity contribution is 6.30. The summed E-state index contributed by atoms with van der Waals surface area (Å²) in [5, 5.41) is 4.12. The molecule has 138 valence electrons. The van der Waals surface area contributed by atoms with Gasteiger partial charge in [0.05, 0.1) is 6.04 Å². The van der Waals surface area contributed by atoms with Gasteiger partial charge in [-0.3, -0.25) is 4.90 Å². The number of benzene rings is 2. The van der Waals surface area contributed by atoms with Crippen LogP contribution in [0.25, 0.3) is 0 Å². The Kier molecular flexibility index (Phi) is 5.42. The summed E-state index contributed by atoms with van der Waals surface area (Å²) in [6.07, 6.45) is 0.452. The van der Waals surface area contributed by atoms with Gasteiger partial charge in [-0.25, -0.2) is 4.79 Å². The van der Waals surface area contributed by atoms with Gasteiger partial charge in [0.2, 0.25) is 0 Å². The Hall–Kier alpha value is -2.20. The van der Waals surface area contributed by atoms with E-state index in [0.717, 1.165) is 23.2 Å². The van der Waals surface area contributed by atoms with Crippen molar-refractivity contribution in [1.29, 1.82) is 0 Å². The molecule has 3 rings (SSSR count). The fourth-order valence-corrected chi connectivity index (χ4v) is 3.32. The van der Waals surface area contributed by atoms with Crippen molar-refractivity contribution in [3.8, 4) is 0 Å². The van der Waals surface area contributed by atoms with Crippen LogP contribution >= 0.6 is 11.6 Å². The van der Waals surface area contributed by atoms with Gasteiger partial charge in [0.1, 0.15) is 5.60 Å². The van der Waals surface area contributed by atoms with Crippen LogP contribution in [-0.4, -0.2) is 29.2 Å². The van der Waals surface area contributed by atoms with E-state index in [9.17, 15) is 4.79 Å². The first-order valence-corrected chi connectivity index (χ1v) is 9.25. The van der Waals surface area contributed by atoms with Gasteiger partial charge in [-0.15, -0.1) is 0 Å². The molecule has 0 aliphatic carbocycles. The van der Waals surface area contributed by atoms with Crippen molar-refractivity contribution in [2.45, 2.75) is 45.4 Å². The molecule has 1 aliphatic rings. The zero-order chi connectivity index (χ0) is 18.7. The number of fused-ring (bicyclic) bond motifs is 1. The van der Waals surface area contributed by atoms with Gasteiger partial charge in [-0.05, 0) is 56.5 Å². The zero-order valence-corrected chi connectivity index (χ0v) is 16.2. The van der Waals surface area contributed by atoms with Crippen LogP contribution in [0.15, 0.2) is 48.5 Å². The van der Waals surface area contributed by atoms with Gasteiger partial charge in [-0.2, -0.15) is 0 Å². The third kappa shape index (κ3) is 4.70. The third-order valence-corrected chi connectivity index (χ3v) is 4.55. The molecule has 0 radical (unpaired) electrons. The van der Waals surface area contributed by atoms with Gasteiger partial charge in [0.25, 0.3) is 0 Å². The normalized spacial score (nSPS) is 16.4. The topological polar surface area (TPSA) is 41.6 Å². The SMILES string of the molecule is CC(C)(C)OC(=O)N(Cc1ccccc1)C1CNc2ccc(Cl)cc2C1. The largest absolute Gasteiger partial charge is 0.444 e. The maximum Gasteiger partial charge on any atom is 0.410 e. The van der Waals surface area contributed by atoms with Gasteiger partial charge in [-0.1, -0.05) is 41.9 Å². The number of nitrogens with zero attached hydrogens (tertiary/aromatic N) is 1. The smallest absolute Gasteiger partial charge is 0.410 e. The lowest BCUT2D eigenvalue weighted by Gasteiger charge is -2.37. The highest BCUT2D eigenvalue weighted by atomic mass is 35.5. The fourth-order valence-electron chi connectivity index (χ4n) is 3.12. The molecule has 1 aliphatic heterocycles. The van der Waals surface area contributed by atoms with Crippen LogP contribution < -0.4 is 5.32 Å². The molecule has 5 heteroatoms. The Morgan fingerprint density at radius 3 is 2.65 bits per heavy atom. The first-order valence-electron chi connectivity index (χ1n) is 8.88. The van der Waals surface area contributed by atoms with E-state index in [0.29, 0.717) is 18.1 Å². The molecule has 0 bridgehead atoms. The van der Waals surface area contributed by atoms with E-state index < -0.39 is 5.60 Å². The molecule has 4 nitrogen and oxygen atoms in total. The Labute approximate surface area is 160 Å². The Morgan fingerprint density at radius 2 is 1.96 bits per heavy atom. The number of halogens is 1. The van der Waals surface area contributed by atoms with E-state index in [2.05, 4.69) is 5.32 Å². The predicted octanol–water partition coefficient (Wildman–Crippen LogP) is 5.11. The molecule has 1 amide bonds. The summed E-state index contributed by atoms with van der Waals surface area (Å²) >= 11 is 6.15. The average molecular weight is 373 g/mol. The molecule has 1 unspecified atom stereocenters. The lowest BCUT2D eigenvalue weighted by atomic mass is 9.98. The molecule has 0 saturated heterocycles. The Morgan fingerprint density at radius 1 is 1.23 bits per heavy atom. The standard InChI is InChI=1S/C21H25ClN2O2/c1-21(2,3)26-20(25)24(14-15-7-5-4-6-8-15)18-12-16-11-17(22)9-10-19(16)23-13-18/h4-11,18,23H,12-14H2,1-3H3. The van der Waals surface area contributed by atoms with E-state index in [1.807, 2.05) is 74.2 Å². The summed E-state index contributed by atoms with van der Waals surface area (Å²) in [5.74, 6) is 0. The van der Waals surface area contributed by atoms with Crippen LogP contribution in [0, 0.1) is 0 Å². The minimum absolute atomic E-state index is 0.00368. The second-order valence-electron chi connectivity index (χ2n) is 7.63. The summed E-state index contributed by atoms with van der Waals surface area (Å²) in [5.41, 5.74) is 2.75. The monoisotopic (exact) mass is 372 g/mol. The average Bonchev–Trinajstić information content (AvgIpc) is 2.58. The molecular weight excluding hydrogens is 348 g/mol. The number of hydrogen-bond acceptors (Lipinski definition) is 3. The molecule has 2 aromatic carbocycles. The lowest BCUT2D eigenvalue weighted by Crippen LogP contribution is -2.48. The first-order chi connectivity index (χ1) is 12.3. The van der Waals surface area contributed by atoms with Gasteiger partial charge >= 0.3 is 6.09 Å². The van der Waals surface area contributed by atoms with Crippen molar-refractivity contribution in [1.82, 2.24) is 4.90 Å². The summed E-state index contributed by atoms with van der Waals surface area (Å²) in [6.45, 7) is 6.86. The molecule has 0 saturated carbocycles. The van der Waals surface area contributed by atoms with Crippen LogP contribution in [-0.2, 0) is 17.7 Å². The predicted molar refractivity (Wildman–Crippen MR) is 106 cm³/mol. The minimum Gasteiger partial charge on any atom is -0.444 e. The maximum atomic E-state index is 12.9. The van der Waals surface area contributed by atoms with Crippen molar-refractivity contribution in [2.24, 2.45) is 0 Å². The van der Waals surface area contributed by atoms with Crippen molar-refractivity contribution < 1.29 is 9.53 Å². The quantitative estimate of drug-likeness (QED) is 0.813. The molecule has 26 heavy (non-hydrogen) atoms. The number of nitrogens with one attached hydrogen (secondary N) is 1. The van der Waals surface area contributed by atoms with E-state index in [4.69, 9.17) is 16.3 Å². The molecule has 0 spiro atoms. The minimum atomic E-state index is -0.532. The van der Waals surface area contributed by atoms with E-state index in [1.165, 1.54) is 0 Å². The molecule has 2 aromatic rings. The second kappa shape index (κ2) is 7.58. The molecule has 1 heterocycles. The van der Waals surface area contributed by atoms with Crippen LogP contribution in [0.4, 0.5) is 10.5 Å². The van der Waals surface area contributed by atoms with Gasteiger partial charge < -0.3 is 10.1 Å². The zero-order valence-electron chi connectivity index (χ0n) is 15.5. The summed E-state index contributed by atoms with van der Waals surface area (Å²) in [7, 11) is 0. The van der Waals surface area contributed by atoms with Crippen LogP contribution in [0.3, 0.4) is 0 Å². The summed E-state index contributed by atoms with van der Waals surface area (Å²) < 4.78 is 5.67. The third-order valence-electron chi connectivity index (χ3n) is 4.32. The number of ether oxygens (including phenoxy) is 1. The van der Waals surface area contributed by atoms with Crippen LogP contribution in [0.5, 0.6) is 0 Å². The molecule has 1 N–H and O–H groups in total. The van der Waals surface area contributed by atoms with Crippen LogP contribution in [0.1, 0.15) is 31.9 Å². The van der Waals surface area contributed by atoms with Crippen molar-refractivity contribution in [3.05, 3.63) is 64.7 Å². The Balaban J connectivity index is 1.84. The number of amides is 1.